The maximum Gasteiger partial charge on any atom is 0.137 e. The molecule has 0 amide bonds. The summed E-state index contributed by atoms with van der Waals surface area (Å²) in [6.45, 7) is 9.06. The van der Waals surface area contributed by atoms with Gasteiger partial charge in [-0.15, -0.1) is 0 Å². The van der Waals surface area contributed by atoms with Crippen molar-refractivity contribution in [1.29, 1.82) is 0 Å². The van der Waals surface area contributed by atoms with Gasteiger partial charge < -0.3 is 19.7 Å². The molecule has 0 aliphatic carbocycles. The zero-order valence-electron chi connectivity index (χ0n) is 15.6. The summed E-state index contributed by atoms with van der Waals surface area (Å²) < 4.78 is 11.4. The lowest BCUT2D eigenvalue weighted by molar-refractivity contribution is -0.149. The Morgan fingerprint density at radius 2 is 1.92 bits per heavy atom. The van der Waals surface area contributed by atoms with Gasteiger partial charge >= 0.3 is 0 Å². The van der Waals surface area contributed by atoms with E-state index in [1.54, 1.807) is 0 Å². The van der Waals surface area contributed by atoms with Crippen molar-refractivity contribution in [3.63, 3.8) is 0 Å². The molecule has 2 saturated heterocycles. The van der Waals surface area contributed by atoms with Crippen molar-refractivity contribution in [3.05, 3.63) is 28.8 Å². The number of aryl methyl sites for hydroxylation is 2. The zero-order chi connectivity index (χ0) is 18.0. The molecular weight excluding hydrogens is 318 g/mol. The molecule has 5 nitrogen and oxygen atoms in total. The second-order valence-electron chi connectivity index (χ2n) is 7.72. The summed E-state index contributed by atoms with van der Waals surface area (Å²) >= 11 is 0. The van der Waals surface area contributed by atoms with Crippen LogP contribution in [0.2, 0.25) is 0 Å². The van der Waals surface area contributed by atoms with E-state index < -0.39 is 11.7 Å². The van der Waals surface area contributed by atoms with Crippen LogP contribution in [0.4, 0.5) is 0 Å². The summed E-state index contributed by atoms with van der Waals surface area (Å²) in [6, 6.07) is 4.55. The standard InChI is InChI=1S/C20H31NO4/c1-14-10-15(2)16(3)18(11-14)25-13-20(23)12-21(7-4-19(20)22)17-5-8-24-9-6-17/h10-11,17,19,22-23H,4-9,12-13H2,1-3H3/t19-,20-/m0/s1. The molecule has 1 aromatic carbocycles. The maximum absolute atomic E-state index is 11.1. The van der Waals surface area contributed by atoms with Gasteiger partial charge in [0, 0.05) is 32.3 Å². The summed E-state index contributed by atoms with van der Waals surface area (Å²) in [5.41, 5.74) is 2.16. The fourth-order valence-electron chi connectivity index (χ4n) is 3.95. The second-order valence-corrected chi connectivity index (χ2v) is 7.72. The highest BCUT2D eigenvalue weighted by Crippen LogP contribution is 2.29. The van der Waals surface area contributed by atoms with E-state index in [4.69, 9.17) is 9.47 Å². The molecule has 2 N–H and O–H groups in total. The molecule has 0 spiro atoms. The van der Waals surface area contributed by atoms with Crippen molar-refractivity contribution < 1.29 is 19.7 Å². The van der Waals surface area contributed by atoms with E-state index in [2.05, 4.69) is 17.9 Å². The van der Waals surface area contributed by atoms with Crippen LogP contribution in [0.5, 0.6) is 5.75 Å². The molecule has 0 aromatic heterocycles. The molecule has 0 radical (unpaired) electrons. The Labute approximate surface area is 150 Å². The van der Waals surface area contributed by atoms with Crippen LogP contribution in [0, 0.1) is 20.8 Å². The number of ether oxygens (including phenoxy) is 2. The van der Waals surface area contributed by atoms with Gasteiger partial charge in [-0.25, -0.2) is 0 Å². The Kier molecular flexibility index (Phi) is 5.68. The second kappa shape index (κ2) is 7.62. The number of benzene rings is 1. The molecule has 3 rings (SSSR count). The smallest absolute Gasteiger partial charge is 0.137 e. The average Bonchev–Trinajstić information content (AvgIpc) is 2.60. The fraction of sp³-hybridized carbons (Fsp3) is 0.700. The van der Waals surface area contributed by atoms with Crippen LogP contribution in [0.15, 0.2) is 12.1 Å². The first-order valence-electron chi connectivity index (χ1n) is 9.32. The van der Waals surface area contributed by atoms with Gasteiger partial charge in [0.2, 0.25) is 0 Å². The Bertz CT molecular complexity index is 600. The highest BCUT2D eigenvalue weighted by Gasteiger charge is 2.43. The lowest BCUT2D eigenvalue weighted by Crippen LogP contribution is -2.62. The first kappa shape index (κ1) is 18.6. The minimum Gasteiger partial charge on any atom is -0.490 e. The van der Waals surface area contributed by atoms with Crippen molar-refractivity contribution in [2.75, 3.05) is 32.9 Å². The average molecular weight is 349 g/mol. The summed E-state index contributed by atoms with van der Waals surface area (Å²) in [6.07, 6.45) is 1.80. The summed E-state index contributed by atoms with van der Waals surface area (Å²) in [5, 5.41) is 21.5. The van der Waals surface area contributed by atoms with Crippen LogP contribution in [-0.4, -0.2) is 65.8 Å². The van der Waals surface area contributed by atoms with Crippen molar-refractivity contribution in [1.82, 2.24) is 4.90 Å². The van der Waals surface area contributed by atoms with E-state index in [0.717, 1.165) is 49.5 Å². The largest absolute Gasteiger partial charge is 0.490 e. The van der Waals surface area contributed by atoms with Crippen molar-refractivity contribution in [3.8, 4) is 5.75 Å². The minimum absolute atomic E-state index is 0.109. The molecule has 2 heterocycles. The van der Waals surface area contributed by atoms with Crippen LogP contribution < -0.4 is 4.74 Å². The van der Waals surface area contributed by atoms with Gasteiger partial charge in [0.05, 0.1) is 6.10 Å². The van der Waals surface area contributed by atoms with Gasteiger partial charge in [0.1, 0.15) is 18.0 Å². The number of piperidine rings is 1. The Morgan fingerprint density at radius 1 is 1.20 bits per heavy atom. The van der Waals surface area contributed by atoms with Crippen LogP contribution in [0.1, 0.15) is 36.0 Å². The van der Waals surface area contributed by atoms with Crippen LogP contribution >= 0.6 is 0 Å². The maximum atomic E-state index is 11.1. The molecule has 0 unspecified atom stereocenters. The number of likely N-dealkylation sites (tertiary alicyclic amines) is 1. The highest BCUT2D eigenvalue weighted by molar-refractivity contribution is 5.42. The van der Waals surface area contributed by atoms with E-state index >= 15 is 0 Å². The first-order valence-corrected chi connectivity index (χ1v) is 9.32. The minimum atomic E-state index is -1.24. The van der Waals surface area contributed by atoms with Gasteiger partial charge in [0.25, 0.3) is 0 Å². The molecule has 2 aliphatic heterocycles. The quantitative estimate of drug-likeness (QED) is 0.870. The van der Waals surface area contributed by atoms with Gasteiger partial charge in [-0.1, -0.05) is 6.07 Å². The fourth-order valence-corrected chi connectivity index (χ4v) is 3.95. The zero-order valence-corrected chi connectivity index (χ0v) is 15.6. The topological polar surface area (TPSA) is 62.2 Å². The number of aliphatic hydroxyl groups is 2. The van der Waals surface area contributed by atoms with Crippen molar-refractivity contribution in [2.24, 2.45) is 0 Å². The molecule has 2 aliphatic rings. The molecule has 0 bridgehead atoms. The molecule has 2 atom stereocenters. The van der Waals surface area contributed by atoms with E-state index in [0.29, 0.717) is 19.0 Å². The SMILES string of the molecule is Cc1cc(C)c(C)c(OC[C@@]2(O)CN(C3CCOCC3)CC[C@@H]2O)c1. The van der Waals surface area contributed by atoms with E-state index in [9.17, 15) is 10.2 Å². The van der Waals surface area contributed by atoms with E-state index in [1.807, 2.05) is 19.9 Å². The van der Waals surface area contributed by atoms with Gasteiger partial charge in [-0.3, -0.25) is 4.90 Å². The monoisotopic (exact) mass is 349 g/mol. The Balaban J connectivity index is 1.68. The molecule has 5 heteroatoms. The first-order chi connectivity index (χ1) is 11.9. The predicted octanol–water partition coefficient (Wildman–Crippen LogP) is 1.97. The molecular formula is C20H31NO4. The van der Waals surface area contributed by atoms with Crippen molar-refractivity contribution >= 4 is 0 Å². The number of aliphatic hydroxyl groups excluding tert-OH is 1. The van der Waals surface area contributed by atoms with Crippen LogP contribution in [0.3, 0.4) is 0 Å². The summed E-state index contributed by atoms with van der Waals surface area (Å²) in [5.74, 6) is 0.793. The van der Waals surface area contributed by atoms with E-state index in [-0.39, 0.29) is 6.61 Å². The number of hydrogen-bond acceptors (Lipinski definition) is 5. The van der Waals surface area contributed by atoms with Gasteiger partial charge in [-0.05, 0) is 62.8 Å². The van der Waals surface area contributed by atoms with Crippen molar-refractivity contribution in [2.45, 2.75) is 57.8 Å². The number of nitrogens with zero attached hydrogens (tertiary/aromatic N) is 1. The third-order valence-corrected chi connectivity index (χ3v) is 5.74. The molecule has 0 saturated carbocycles. The number of hydrogen-bond donors (Lipinski definition) is 2. The lowest BCUT2D eigenvalue weighted by Gasteiger charge is -2.46. The normalized spacial score (nSPS) is 28.9. The summed E-state index contributed by atoms with van der Waals surface area (Å²) in [4.78, 5) is 2.30. The Hall–Kier alpha value is -1.14. The molecule has 25 heavy (non-hydrogen) atoms. The molecule has 2 fully saturated rings. The van der Waals surface area contributed by atoms with Gasteiger partial charge in [-0.2, -0.15) is 0 Å². The third-order valence-electron chi connectivity index (χ3n) is 5.74. The Morgan fingerprint density at radius 3 is 2.64 bits per heavy atom. The third kappa shape index (κ3) is 4.17. The lowest BCUT2D eigenvalue weighted by atomic mass is 9.88. The number of rotatable bonds is 4. The number of β-amino-alcohol motifs (C(OH)–C–C–N with tert-alkyl or cyclic N) is 1. The van der Waals surface area contributed by atoms with E-state index in [1.165, 1.54) is 5.56 Å². The highest BCUT2D eigenvalue weighted by atomic mass is 16.5. The summed E-state index contributed by atoms with van der Waals surface area (Å²) in [7, 11) is 0. The predicted molar refractivity (Wildman–Crippen MR) is 97.1 cm³/mol. The van der Waals surface area contributed by atoms with Gasteiger partial charge in [0.15, 0.2) is 0 Å². The molecule has 1 aromatic rings. The van der Waals surface area contributed by atoms with Crippen LogP contribution in [-0.2, 0) is 4.74 Å². The van der Waals surface area contributed by atoms with Crippen LogP contribution in [0.25, 0.3) is 0 Å². The molecule has 140 valence electrons.